The summed E-state index contributed by atoms with van der Waals surface area (Å²) in [6, 6.07) is 0.738. The lowest BCUT2D eigenvalue weighted by molar-refractivity contribution is 0.284. The highest BCUT2D eigenvalue weighted by molar-refractivity contribution is 7.99. The standard InChI is InChI=1S/C13H26N2S/c1-12(13-4-2-3-5-13)14-6-7-15-8-10-16-11-9-15/h12-14H,2-11H2,1H3. The summed E-state index contributed by atoms with van der Waals surface area (Å²) in [6.45, 7) is 7.40. The van der Waals surface area contributed by atoms with Crippen LogP contribution >= 0.6 is 11.8 Å². The minimum atomic E-state index is 0.738. The molecule has 16 heavy (non-hydrogen) atoms. The number of hydrogen-bond donors (Lipinski definition) is 1. The second-order valence-electron chi connectivity index (χ2n) is 5.24. The average Bonchev–Trinajstić information content (AvgIpc) is 2.84. The molecule has 1 aliphatic heterocycles. The zero-order chi connectivity index (χ0) is 11.2. The fourth-order valence-corrected chi connectivity index (χ4v) is 3.88. The summed E-state index contributed by atoms with van der Waals surface area (Å²) in [7, 11) is 0. The minimum Gasteiger partial charge on any atom is -0.313 e. The molecule has 0 radical (unpaired) electrons. The molecule has 1 unspecified atom stereocenters. The zero-order valence-corrected chi connectivity index (χ0v) is 11.4. The molecule has 1 aliphatic carbocycles. The second-order valence-corrected chi connectivity index (χ2v) is 6.47. The second kappa shape index (κ2) is 6.87. The Morgan fingerprint density at radius 2 is 1.94 bits per heavy atom. The van der Waals surface area contributed by atoms with Gasteiger partial charge in [0.15, 0.2) is 0 Å². The SMILES string of the molecule is CC(NCCN1CCSCC1)C1CCCC1. The van der Waals surface area contributed by atoms with E-state index in [0.717, 1.165) is 12.0 Å². The van der Waals surface area contributed by atoms with E-state index in [-0.39, 0.29) is 0 Å². The molecule has 0 aromatic heterocycles. The summed E-state index contributed by atoms with van der Waals surface area (Å²) in [5, 5.41) is 3.72. The maximum absolute atomic E-state index is 3.72. The van der Waals surface area contributed by atoms with Gasteiger partial charge in [-0.3, -0.25) is 0 Å². The summed E-state index contributed by atoms with van der Waals surface area (Å²) in [5.74, 6) is 3.62. The van der Waals surface area contributed by atoms with Crippen LogP contribution in [0, 0.1) is 5.92 Å². The molecule has 0 spiro atoms. The first-order valence-electron chi connectivity index (χ1n) is 6.90. The third-order valence-electron chi connectivity index (χ3n) is 4.10. The van der Waals surface area contributed by atoms with Crippen LogP contribution in [0.25, 0.3) is 0 Å². The Labute approximate surface area is 105 Å². The van der Waals surface area contributed by atoms with Crippen molar-refractivity contribution < 1.29 is 0 Å². The Hall–Kier alpha value is 0.270. The van der Waals surface area contributed by atoms with Gasteiger partial charge in [-0.05, 0) is 25.7 Å². The molecule has 0 aromatic rings. The molecular formula is C13H26N2S. The molecule has 0 aromatic carbocycles. The molecule has 2 nitrogen and oxygen atoms in total. The van der Waals surface area contributed by atoms with Crippen molar-refractivity contribution >= 4 is 11.8 Å². The molecule has 3 heteroatoms. The number of thioether (sulfide) groups is 1. The highest BCUT2D eigenvalue weighted by atomic mass is 32.2. The van der Waals surface area contributed by atoms with Gasteiger partial charge in [0.25, 0.3) is 0 Å². The molecule has 1 saturated carbocycles. The third kappa shape index (κ3) is 3.94. The van der Waals surface area contributed by atoms with E-state index in [2.05, 4.69) is 28.9 Å². The lowest BCUT2D eigenvalue weighted by atomic mass is 10.00. The molecule has 0 amide bonds. The summed E-state index contributed by atoms with van der Waals surface area (Å²) in [4.78, 5) is 2.60. The Morgan fingerprint density at radius 3 is 2.62 bits per heavy atom. The van der Waals surface area contributed by atoms with Crippen LogP contribution < -0.4 is 5.32 Å². The van der Waals surface area contributed by atoms with Crippen LogP contribution in [0.4, 0.5) is 0 Å². The molecule has 0 bridgehead atoms. The fraction of sp³-hybridized carbons (Fsp3) is 1.00. The number of hydrogen-bond acceptors (Lipinski definition) is 3. The smallest absolute Gasteiger partial charge is 0.0108 e. The van der Waals surface area contributed by atoms with Crippen molar-refractivity contribution in [1.29, 1.82) is 0 Å². The molecule has 1 heterocycles. The Bertz CT molecular complexity index is 186. The largest absolute Gasteiger partial charge is 0.313 e. The molecule has 2 fully saturated rings. The van der Waals surface area contributed by atoms with Gasteiger partial charge in [0.05, 0.1) is 0 Å². The topological polar surface area (TPSA) is 15.3 Å². The van der Waals surface area contributed by atoms with E-state index in [4.69, 9.17) is 0 Å². The monoisotopic (exact) mass is 242 g/mol. The van der Waals surface area contributed by atoms with Crippen LogP contribution in [-0.2, 0) is 0 Å². The van der Waals surface area contributed by atoms with Crippen molar-refractivity contribution in [2.75, 3.05) is 37.7 Å². The molecule has 1 N–H and O–H groups in total. The molecule has 1 atom stereocenters. The van der Waals surface area contributed by atoms with Crippen molar-refractivity contribution in [2.45, 2.75) is 38.6 Å². The van der Waals surface area contributed by atoms with Crippen LogP contribution in [0.5, 0.6) is 0 Å². The Morgan fingerprint density at radius 1 is 1.25 bits per heavy atom. The maximum atomic E-state index is 3.72. The number of rotatable bonds is 5. The van der Waals surface area contributed by atoms with E-state index >= 15 is 0 Å². The highest BCUT2D eigenvalue weighted by Crippen LogP contribution is 2.27. The van der Waals surface area contributed by atoms with Gasteiger partial charge >= 0.3 is 0 Å². The van der Waals surface area contributed by atoms with Crippen LogP contribution in [0.1, 0.15) is 32.6 Å². The molecule has 2 rings (SSSR count). The van der Waals surface area contributed by atoms with Crippen LogP contribution in [-0.4, -0.2) is 48.6 Å². The van der Waals surface area contributed by atoms with Gasteiger partial charge in [-0.2, -0.15) is 11.8 Å². The van der Waals surface area contributed by atoms with Crippen molar-refractivity contribution in [1.82, 2.24) is 10.2 Å². The van der Waals surface area contributed by atoms with Gasteiger partial charge in [-0.25, -0.2) is 0 Å². The van der Waals surface area contributed by atoms with Crippen LogP contribution in [0.15, 0.2) is 0 Å². The lowest BCUT2D eigenvalue weighted by Gasteiger charge is -2.27. The molecule has 1 saturated heterocycles. The first-order chi connectivity index (χ1) is 7.86. The first-order valence-corrected chi connectivity index (χ1v) is 8.05. The summed E-state index contributed by atoms with van der Waals surface area (Å²) in [6.07, 6.45) is 5.82. The van der Waals surface area contributed by atoms with Gasteiger partial charge in [0.1, 0.15) is 0 Å². The van der Waals surface area contributed by atoms with E-state index in [0.29, 0.717) is 0 Å². The first kappa shape index (κ1) is 12.7. The third-order valence-corrected chi connectivity index (χ3v) is 5.05. The zero-order valence-electron chi connectivity index (χ0n) is 10.6. The van der Waals surface area contributed by atoms with Gasteiger partial charge < -0.3 is 10.2 Å². The van der Waals surface area contributed by atoms with Crippen molar-refractivity contribution in [3.8, 4) is 0 Å². The van der Waals surface area contributed by atoms with E-state index in [9.17, 15) is 0 Å². The van der Waals surface area contributed by atoms with E-state index in [1.54, 1.807) is 0 Å². The highest BCUT2D eigenvalue weighted by Gasteiger charge is 2.21. The molecular weight excluding hydrogens is 216 g/mol. The average molecular weight is 242 g/mol. The van der Waals surface area contributed by atoms with Crippen LogP contribution in [0.2, 0.25) is 0 Å². The van der Waals surface area contributed by atoms with Crippen molar-refractivity contribution in [3.05, 3.63) is 0 Å². The molecule has 2 aliphatic rings. The summed E-state index contributed by atoms with van der Waals surface area (Å²) in [5.41, 5.74) is 0. The van der Waals surface area contributed by atoms with Gasteiger partial charge in [0, 0.05) is 43.7 Å². The van der Waals surface area contributed by atoms with Crippen LogP contribution in [0.3, 0.4) is 0 Å². The van der Waals surface area contributed by atoms with Crippen molar-refractivity contribution in [2.24, 2.45) is 5.92 Å². The van der Waals surface area contributed by atoms with Gasteiger partial charge in [-0.15, -0.1) is 0 Å². The number of nitrogens with one attached hydrogen (secondary N) is 1. The minimum absolute atomic E-state index is 0.738. The van der Waals surface area contributed by atoms with E-state index in [1.807, 2.05) is 0 Å². The van der Waals surface area contributed by atoms with Crippen molar-refractivity contribution in [3.63, 3.8) is 0 Å². The maximum Gasteiger partial charge on any atom is 0.0108 e. The van der Waals surface area contributed by atoms with Gasteiger partial charge in [0.2, 0.25) is 0 Å². The predicted octanol–water partition coefficient (Wildman–Crippen LogP) is 2.20. The fourth-order valence-electron chi connectivity index (χ4n) is 2.90. The Balaban J connectivity index is 1.56. The van der Waals surface area contributed by atoms with Gasteiger partial charge in [-0.1, -0.05) is 12.8 Å². The number of nitrogens with zero attached hydrogens (tertiary/aromatic N) is 1. The van der Waals surface area contributed by atoms with E-state index in [1.165, 1.54) is 63.4 Å². The lowest BCUT2D eigenvalue weighted by Crippen LogP contribution is -2.41. The quantitative estimate of drug-likeness (QED) is 0.796. The summed E-state index contributed by atoms with van der Waals surface area (Å²) < 4.78 is 0. The van der Waals surface area contributed by atoms with E-state index < -0.39 is 0 Å². The summed E-state index contributed by atoms with van der Waals surface area (Å²) >= 11 is 2.10. The Kier molecular flexibility index (Phi) is 5.46. The molecule has 94 valence electrons. The normalized spacial score (nSPS) is 26.1. The predicted molar refractivity (Wildman–Crippen MR) is 73.2 cm³/mol.